The molecule has 0 amide bonds. The van der Waals surface area contributed by atoms with Gasteiger partial charge in [-0.2, -0.15) is 0 Å². The predicted molar refractivity (Wildman–Crippen MR) is 156 cm³/mol. The lowest BCUT2D eigenvalue weighted by molar-refractivity contribution is 1.14. The largest absolute Gasteiger partial charge is 0.311 e. The van der Waals surface area contributed by atoms with E-state index >= 15 is 0 Å². The summed E-state index contributed by atoms with van der Waals surface area (Å²) in [6, 6.07) is 40.3. The van der Waals surface area contributed by atoms with Crippen LogP contribution in [0.1, 0.15) is 11.1 Å². The number of fused-ring (bicyclic) bond motifs is 1. The summed E-state index contributed by atoms with van der Waals surface area (Å²) in [4.78, 5) is 26.6. The lowest BCUT2D eigenvalue weighted by atomic mass is 10.1. The number of nitrogens with zero attached hydrogens (tertiary/aromatic N) is 3. The predicted octanol–water partition coefficient (Wildman–Crippen LogP) is 7.63. The Labute approximate surface area is 220 Å². The zero-order chi connectivity index (χ0) is 25.7. The molecular formula is C33H24N4O. The molecule has 2 heterocycles. The van der Waals surface area contributed by atoms with E-state index in [0.717, 1.165) is 28.2 Å². The van der Waals surface area contributed by atoms with Crippen molar-refractivity contribution in [2.24, 2.45) is 0 Å². The monoisotopic (exact) mass is 492 g/mol. The van der Waals surface area contributed by atoms with Gasteiger partial charge in [0.05, 0.1) is 10.9 Å². The first kappa shape index (κ1) is 23.1. The van der Waals surface area contributed by atoms with Gasteiger partial charge in [0, 0.05) is 23.3 Å². The van der Waals surface area contributed by atoms with Gasteiger partial charge < -0.3 is 9.88 Å². The van der Waals surface area contributed by atoms with Gasteiger partial charge in [-0.15, -0.1) is 0 Å². The van der Waals surface area contributed by atoms with Crippen molar-refractivity contribution in [1.29, 1.82) is 0 Å². The van der Waals surface area contributed by atoms with Crippen LogP contribution in [0.15, 0.2) is 132 Å². The molecule has 0 bridgehead atoms. The zero-order valence-corrected chi connectivity index (χ0v) is 20.5. The molecule has 1 N–H and O–H groups in total. The Kier molecular flexibility index (Phi) is 6.31. The summed E-state index contributed by atoms with van der Waals surface area (Å²) in [5, 5.41) is 0.564. The second-order valence-corrected chi connectivity index (χ2v) is 8.84. The van der Waals surface area contributed by atoms with Gasteiger partial charge in [-0.3, -0.25) is 9.78 Å². The van der Waals surface area contributed by atoms with Gasteiger partial charge in [-0.1, -0.05) is 72.8 Å². The third kappa shape index (κ3) is 4.86. The Balaban J connectivity index is 1.26. The average Bonchev–Trinajstić information content (AvgIpc) is 2.98. The van der Waals surface area contributed by atoms with Crippen molar-refractivity contribution in [3.8, 4) is 11.5 Å². The molecule has 182 valence electrons. The van der Waals surface area contributed by atoms with Crippen molar-refractivity contribution in [1.82, 2.24) is 15.0 Å². The molecule has 4 aromatic carbocycles. The van der Waals surface area contributed by atoms with Crippen molar-refractivity contribution in [2.45, 2.75) is 0 Å². The van der Waals surface area contributed by atoms with Gasteiger partial charge in [-0.05, 0) is 71.8 Å². The molecule has 6 aromatic rings. The molecule has 0 unspecified atom stereocenters. The van der Waals surface area contributed by atoms with Crippen molar-refractivity contribution < 1.29 is 0 Å². The molecule has 0 spiro atoms. The molecule has 0 aliphatic carbocycles. The summed E-state index contributed by atoms with van der Waals surface area (Å²) >= 11 is 0. The number of aromatic nitrogens is 3. The highest BCUT2D eigenvalue weighted by Crippen LogP contribution is 2.34. The van der Waals surface area contributed by atoms with E-state index in [2.05, 4.69) is 98.7 Å². The number of rotatable bonds is 6. The minimum atomic E-state index is -0.173. The van der Waals surface area contributed by atoms with E-state index in [9.17, 15) is 4.79 Å². The first-order chi connectivity index (χ1) is 18.7. The number of nitrogens with one attached hydrogen (secondary N) is 1. The SMILES string of the molecule is O=c1[nH]c(-c2cc(C=Cc3ccc(N(c4ccccc4)c4ccccc4)cc3)ccn2)nc2ccccc12. The van der Waals surface area contributed by atoms with E-state index in [4.69, 9.17) is 0 Å². The maximum absolute atomic E-state index is 12.5. The second-order valence-electron chi connectivity index (χ2n) is 8.84. The first-order valence-electron chi connectivity index (χ1n) is 12.4. The van der Waals surface area contributed by atoms with Gasteiger partial charge in [0.2, 0.25) is 0 Å². The normalized spacial score (nSPS) is 11.2. The van der Waals surface area contributed by atoms with Crippen LogP contribution in [-0.2, 0) is 0 Å². The third-order valence-corrected chi connectivity index (χ3v) is 6.29. The highest BCUT2D eigenvalue weighted by molar-refractivity contribution is 5.80. The van der Waals surface area contributed by atoms with Gasteiger partial charge >= 0.3 is 0 Å². The van der Waals surface area contributed by atoms with Gasteiger partial charge in [0.15, 0.2) is 5.82 Å². The van der Waals surface area contributed by atoms with Crippen molar-refractivity contribution in [3.05, 3.63) is 149 Å². The molecule has 5 nitrogen and oxygen atoms in total. The van der Waals surface area contributed by atoms with Crippen molar-refractivity contribution in [2.75, 3.05) is 4.90 Å². The van der Waals surface area contributed by atoms with E-state index in [-0.39, 0.29) is 5.56 Å². The molecule has 2 aromatic heterocycles. The number of para-hydroxylation sites is 3. The maximum atomic E-state index is 12.5. The Bertz CT molecular complexity index is 1740. The minimum absolute atomic E-state index is 0.173. The molecule has 0 aliphatic rings. The fourth-order valence-corrected chi connectivity index (χ4v) is 4.42. The smallest absolute Gasteiger partial charge is 0.259 e. The summed E-state index contributed by atoms with van der Waals surface area (Å²) < 4.78 is 0. The molecule has 0 aliphatic heterocycles. The van der Waals surface area contributed by atoms with Crippen LogP contribution >= 0.6 is 0 Å². The van der Waals surface area contributed by atoms with Gasteiger partial charge in [0.1, 0.15) is 5.69 Å². The van der Waals surface area contributed by atoms with Crippen LogP contribution in [0.3, 0.4) is 0 Å². The van der Waals surface area contributed by atoms with Crippen LogP contribution < -0.4 is 10.5 Å². The number of anilines is 3. The standard InChI is InChI=1S/C33H24N4O/c38-33-29-13-7-8-14-30(29)35-32(36-33)31-23-25(21-22-34-31)16-15-24-17-19-28(20-18-24)37(26-9-3-1-4-10-26)27-11-5-2-6-12-27/h1-23H,(H,35,36,38). The number of benzene rings is 4. The number of aromatic amines is 1. The number of H-pyrrole nitrogens is 1. The first-order valence-corrected chi connectivity index (χ1v) is 12.4. The summed E-state index contributed by atoms with van der Waals surface area (Å²) in [6.07, 6.45) is 5.82. The summed E-state index contributed by atoms with van der Waals surface area (Å²) in [6.45, 7) is 0. The van der Waals surface area contributed by atoms with E-state index < -0.39 is 0 Å². The zero-order valence-electron chi connectivity index (χ0n) is 20.5. The molecule has 38 heavy (non-hydrogen) atoms. The molecule has 0 saturated heterocycles. The maximum Gasteiger partial charge on any atom is 0.259 e. The molecule has 0 fully saturated rings. The van der Waals surface area contributed by atoms with Gasteiger partial charge in [-0.25, -0.2) is 4.98 Å². The highest BCUT2D eigenvalue weighted by Gasteiger charge is 2.11. The van der Waals surface area contributed by atoms with E-state index in [1.165, 1.54) is 0 Å². The Morgan fingerprint density at radius 1 is 0.632 bits per heavy atom. The number of hydrogen-bond acceptors (Lipinski definition) is 4. The molecular weight excluding hydrogens is 468 g/mol. The number of hydrogen-bond donors (Lipinski definition) is 1. The minimum Gasteiger partial charge on any atom is -0.311 e. The van der Waals surface area contributed by atoms with E-state index in [0.29, 0.717) is 22.4 Å². The quantitative estimate of drug-likeness (QED) is 0.260. The molecule has 0 saturated carbocycles. The van der Waals surface area contributed by atoms with Gasteiger partial charge in [0.25, 0.3) is 5.56 Å². The third-order valence-electron chi connectivity index (χ3n) is 6.29. The Morgan fingerprint density at radius 2 is 1.24 bits per heavy atom. The molecule has 0 radical (unpaired) electrons. The topological polar surface area (TPSA) is 61.9 Å². The highest BCUT2D eigenvalue weighted by atomic mass is 16.1. The molecule has 5 heteroatoms. The summed E-state index contributed by atoms with van der Waals surface area (Å²) in [7, 11) is 0. The Morgan fingerprint density at radius 3 is 1.95 bits per heavy atom. The Hall–Kier alpha value is -5.29. The van der Waals surface area contributed by atoms with Crippen LogP contribution in [0.25, 0.3) is 34.6 Å². The fraction of sp³-hybridized carbons (Fsp3) is 0. The average molecular weight is 493 g/mol. The second kappa shape index (κ2) is 10.4. The lowest BCUT2D eigenvalue weighted by Gasteiger charge is -2.25. The van der Waals surface area contributed by atoms with E-state index in [1.807, 2.05) is 48.5 Å². The summed E-state index contributed by atoms with van der Waals surface area (Å²) in [5.74, 6) is 0.454. The molecule has 0 atom stereocenters. The van der Waals surface area contributed by atoms with Crippen LogP contribution in [-0.4, -0.2) is 15.0 Å². The van der Waals surface area contributed by atoms with Crippen LogP contribution in [0.2, 0.25) is 0 Å². The van der Waals surface area contributed by atoms with E-state index in [1.54, 1.807) is 12.3 Å². The summed E-state index contributed by atoms with van der Waals surface area (Å²) in [5.41, 5.74) is 6.42. The van der Waals surface area contributed by atoms with Crippen molar-refractivity contribution in [3.63, 3.8) is 0 Å². The van der Waals surface area contributed by atoms with Crippen LogP contribution in [0.4, 0.5) is 17.1 Å². The lowest BCUT2D eigenvalue weighted by Crippen LogP contribution is -2.09. The van der Waals surface area contributed by atoms with Crippen LogP contribution in [0, 0.1) is 0 Å². The fourth-order valence-electron chi connectivity index (χ4n) is 4.42. The van der Waals surface area contributed by atoms with Crippen LogP contribution in [0.5, 0.6) is 0 Å². The van der Waals surface area contributed by atoms with Crippen molar-refractivity contribution >= 4 is 40.1 Å². The number of pyridine rings is 1. The molecule has 6 rings (SSSR count).